The van der Waals surface area contributed by atoms with Gasteiger partial charge in [-0.15, -0.1) is 0 Å². The van der Waals surface area contributed by atoms with Crippen LogP contribution in [0.15, 0.2) is 127 Å². The molecule has 1 aliphatic rings. The molecular weight excluding hydrogens is 532 g/mol. The molecule has 0 spiro atoms. The van der Waals surface area contributed by atoms with Gasteiger partial charge in [0.2, 0.25) is 0 Å². The summed E-state index contributed by atoms with van der Waals surface area (Å²) in [6, 6.07) is 41.0. The number of benzene rings is 5. The van der Waals surface area contributed by atoms with Crippen molar-refractivity contribution in [3.8, 4) is 0 Å². The fourth-order valence-corrected chi connectivity index (χ4v) is 6.06. The smallest absolute Gasteiger partial charge is 0.185 e. The number of rotatable bonds is 7. The number of aryl methyl sites for hydroxylation is 4. The van der Waals surface area contributed by atoms with Gasteiger partial charge >= 0.3 is 0 Å². The Bertz CT molecular complexity index is 1460. The highest BCUT2D eigenvalue weighted by molar-refractivity contribution is 5.45. The van der Waals surface area contributed by atoms with Gasteiger partial charge in [0.25, 0.3) is 0 Å². The maximum absolute atomic E-state index is 13.1. The van der Waals surface area contributed by atoms with Crippen LogP contribution in [-0.2, 0) is 20.7 Å². The Morgan fingerprint density at radius 2 is 0.698 bits per heavy atom. The molecule has 0 unspecified atom stereocenters. The molecular formula is C39H38O4. The van der Waals surface area contributed by atoms with Crippen LogP contribution in [0.1, 0.15) is 56.4 Å². The van der Waals surface area contributed by atoms with Crippen LogP contribution in [0, 0.1) is 27.7 Å². The zero-order valence-electron chi connectivity index (χ0n) is 25.1. The molecule has 0 radical (unpaired) electrons. The number of ether oxygens (including phenoxy) is 2. The fraction of sp³-hybridized carbons (Fsp3) is 0.231. The Morgan fingerprint density at radius 1 is 0.419 bits per heavy atom. The molecule has 0 amide bonds. The molecule has 5 aromatic carbocycles. The molecule has 1 aliphatic heterocycles. The molecule has 4 heteroatoms. The third-order valence-electron chi connectivity index (χ3n) is 8.68. The lowest BCUT2D eigenvalue weighted by molar-refractivity contribution is -0.110. The molecule has 1 saturated heterocycles. The van der Waals surface area contributed by atoms with Crippen molar-refractivity contribution in [2.45, 2.75) is 57.4 Å². The normalized spacial score (nSPS) is 17.7. The highest BCUT2D eigenvalue weighted by Gasteiger charge is 2.59. The predicted molar refractivity (Wildman–Crippen MR) is 170 cm³/mol. The van der Waals surface area contributed by atoms with Crippen molar-refractivity contribution in [3.05, 3.63) is 177 Å². The zero-order chi connectivity index (χ0) is 30.2. The summed E-state index contributed by atoms with van der Waals surface area (Å²) in [4.78, 5) is 0. The molecule has 2 atom stereocenters. The van der Waals surface area contributed by atoms with Crippen LogP contribution in [0.5, 0.6) is 0 Å². The van der Waals surface area contributed by atoms with Gasteiger partial charge in [-0.05, 0) is 49.9 Å². The summed E-state index contributed by atoms with van der Waals surface area (Å²) < 4.78 is 13.6. The number of hydrogen-bond donors (Lipinski definition) is 2. The lowest BCUT2D eigenvalue weighted by Crippen LogP contribution is -2.55. The Hall–Kier alpha value is -4.06. The molecule has 2 N–H and O–H groups in total. The van der Waals surface area contributed by atoms with Gasteiger partial charge in [0.05, 0.1) is 0 Å². The van der Waals surface area contributed by atoms with Crippen LogP contribution >= 0.6 is 0 Å². The van der Waals surface area contributed by atoms with E-state index in [0.29, 0.717) is 22.3 Å². The molecule has 218 valence electrons. The summed E-state index contributed by atoms with van der Waals surface area (Å²) in [5.41, 5.74) is 4.41. The lowest BCUT2D eigenvalue weighted by Gasteiger charge is -2.42. The van der Waals surface area contributed by atoms with Gasteiger partial charge in [0.15, 0.2) is 6.29 Å². The fourth-order valence-electron chi connectivity index (χ4n) is 6.06. The molecule has 0 aromatic heterocycles. The largest absolute Gasteiger partial charge is 0.378 e. The first-order valence-electron chi connectivity index (χ1n) is 14.8. The minimum Gasteiger partial charge on any atom is -0.378 e. The molecule has 0 aliphatic carbocycles. The first kappa shape index (κ1) is 29.0. The van der Waals surface area contributed by atoms with Crippen LogP contribution in [0.2, 0.25) is 0 Å². The Labute approximate surface area is 254 Å². The van der Waals surface area contributed by atoms with Gasteiger partial charge in [-0.2, -0.15) is 0 Å². The standard InChI is InChI=1S/C39H38O4/c1-26-10-18-31(19-11-26)38(40,32-20-12-27(2)13-21-32)35-36(43-37(42-35)30-8-6-5-7-9-30)39(41,33-22-14-28(3)15-23-33)34-24-16-29(4)17-25-34/h5-25,35-37,40-41H,1-4H3/t35-,36-/m1/s1. The summed E-state index contributed by atoms with van der Waals surface area (Å²) >= 11 is 0. The molecule has 0 saturated carbocycles. The van der Waals surface area contributed by atoms with E-state index in [1.807, 2.05) is 155 Å². The molecule has 43 heavy (non-hydrogen) atoms. The Morgan fingerprint density at radius 3 is 0.977 bits per heavy atom. The summed E-state index contributed by atoms with van der Waals surface area (Å²) in [7, 11) is 0. The van der Waals surface area contributed by atoms with Gasteiger partial charge in [-0.1, -0.05) is 150 Å². The maximum Gasteiger partial charge on any atom is 0.185 e. The van der Waals surface area contributed by atoms with Gasteiger partial charge < -0.3 is 19.7 Å². The molecule has 5 aromatic rings. The highest BCUT2D eigenvalue weighted by Crippen LogP contribution is 2.51. The zero-order valence-corrected chi connectivity index (χ0v) is 25.1. The summed E-state index contributed by atoms with van der Waals surface area (Å²) in [6.07, 6.45) is -2.83. The van der Waals surface area contributed by atoms with Crippen LogP contribution in [0.4, 0.5) is 0 Å². The van der Waals surface area contributed by atoms with Crippen molar-refractivity contribution >= 4 is 0 Å². The average molecular weight is 571 g/mol. The number of aliphatic hydroxyl groups is 2. The summed E-state index contributed by atoms with van der Waals surface area (Å²) in [6.45, 7) is 8.08. The van der Waals surface area contributed by atoms with Gasteiger partial charge in [-0.25, -0.2) is 0 Å². The highest BCUT2D eigenvalue weighted by atomic mass is 16.7. The van der Waals surface area contributed by atoms with E-state index in [2.05, 4.69) is 0 Å². The summed E-state index contributed by atoms with van der Waals surface area (Å²) in [5, 5.41) is 26.2. The monoisotopic (exact) mass is 570 g/mol. The minimum atomic E-state index is -1.67. The average Bonchev–Trinajstić information content (AvgIpc) is 3.49. The maximum atomic E-state index is 13.1. The minimum absolute atomic E-state index is 0.657. The molecule has 0 bridgehead atoms. The van der Waals surface area contributed by atoms with E-state index in [9.17, 15) is 10.2 Å². The second-order valence-corrected chi connectivity index (χ2v) is 11.9. The second kappa shape index (κ2) is 11.6. The third-order valence-corrected chi connectivity index (χ3v) is 8.68. The SMILES string of the molecule is Cc1ccc(C(O)(c2ccc(C)cc2)[C@@H]2OC(c3ccccc3)O[C@H]2C(O)(c2ccc(C)cc2)c2ccc(C)cc2)cc1. The predicted octanol–water partition coefficient (Wildman–Crippen LogP) is 7.58. The molecule has 1 heterocycles. The first-order chi connectivity index (χ1) is 20.7. The van der Waals surface area contributed by atoms with Crippen LogP contribution in [0.25, 0.3) is 0 Å². The van der Waals surface area contributed by atoms with E-state index >= 15 is 0 Å². The van der Waals surface area contributed by atoms with Gasteiger partial charge in [0.1, 0.15) is 23.4 Å². The van der Waals surface area contributed by atoms with E-state index in [1.165, 1.54) is 0 Å². The van der Waals surface area contributed by atoms with Crippen molar-refractivity contribution in [3.63, 3.8) is 0 Å². The van der Waals surface area contributed by atoms with E-state index in [-0.39, 0.29) is 0 Å². The van der Waals surface area contributed by atoms with E-state index in [4.69, 9.17) is 9.47 Å². The summed E-state index contributed by atoms with van der Waals surface area (Å²) in [5.74, 6) is 0. The van der Waals surface area contributed by atoms with Crippen molar-refractivity contribution in [1.82, 2.24) is 0 Å². The lowest BCUT2D eigenvalue weighted by atomic mass is 9.71. The van der Waals surface area contributed by atoms with Gasteiger partial charge in [-0.3, -0.25) is 0 Å². The second-order valence-electron chi connectivity index (χ2n) is 11.9. The van der Waals surface area contributed by atoms with Crippen LogP contribution in [-0.4, -0.2) is 22.4 Å². The molecule has 6 rings (SSSR count). The van der Waals surface area contributed by atoms with E-state index < -0.39 is 29.7 Å². The number of hydrogen-bond acceptors (Lipinski definition) is 4. The first-order valence-corrected chi connectivity index (χ1v) is 14.8. The van der Waals surface area contributed by atoms with Crippen LogP contribution < -0.4 is 0 Å². The van der Waals surface area contributed by atoms with Crippen molar-refractivity contribution in [2.24, 2.45) is 0 Å². The van der Waals surface area contributed by atoms with Crippen molar-refractivity contribution in [2.75, 3.05) is 0 Å². The molecule has 4 nitrogen and oxygen atoms in total. The van der Waals surface area contributed by atoms with E-state index in [1.54, 1.807) is 0 Å². The van der Waals surface area contributed by atoms with Crippen molar-refractivity contribution in [1.29, 1.82) is 0 Å². The van der Waals surface area contributed by atoms with Gasteiger partial charge in [0, 0.05) is 5.56 Å². The van der Waals surface area contributed by atoms with E-state index in [0.717, 1.165) is 27.8 Å². The Kier molecular flexibility index (Phi) is 7.80. The topological polar surface area (TPSA) is 58.9 Å². The molecule has 1 fully saturated rings. The van der Waals surface area contributed by atoms with Crippen molar-refractivity contribution < 1.29 is 19.7 Å². The quantitative estimate of drug-likeness (QED) is 0.212. The van der Waals surface area contributed by atoms with Crippen LogP contribution in [0.3, 0.4) is 0 Å². The third kappa shape index (κ3) is 5.32. The Balaban J connectivity index is 1.61.